The SMILES string of the molecule is O=C1CC[C@@H]2[C@@H](CCN2CC2CCOCC2)N1CCN1CCOCC1. The van der Waals surface area contributed by atoms with Crippen LogP contribution in [-0.2, 0) is 14.3 Å². The van der Waals surface area contributed by atoms with E-state index in [1.807, 2.05) is 0 Å². The number of ether oxygens (including phenoxy) is 2. The lowest BCUT2D eigenvalue weighted by molar-refractivity contribution is -0.138. The smallest absolute Gasteiger partial charge is 0.222 e. The molecule has 2 atom stereocenters. The lowest BCUT2D eigenvalue weighted by Gasteiger charge is -2.41. The average molecular weight is 351 g/mol. The predicted octanol–water partition coefficient (Wildman–Crippen LogP) is 0.811. The van der Waals surface area contributed by atoms with Crippen LogP contribution in [0.2, 0.25) is 0 Å². The molecule has 0 bridgehead atoms. The van der Waals surface area contributed by atoms with Gasteiger partial charge in [-0.05, 0) is 31.6 Å². The maximum absolute atomic E-state index is 12.6. The van der Waals surface area contributed by atoms with Gasteiger partial charge in [-0.2, -0.15) is 0 Å². The fraction of sp³-hybridized carbons (Fsp3) is 0.947. The number of hydrogen-bond acceptors (Lipinski definition) is 5. The molecule has 4 rings (SSSR count). The summed E-state index contributed by atoms with van der Waals surface area (Å²) >= 11 is 0. The number of likely N-dealkylation sites (tertiary alicyclic amines) is 2. The molecule has 6 nitrogen and oxygen atoms in total. The maximum Gasteiger partial charge on any atom is 0.222 e. The van der Waals surface area contributed by atoms with Crippen molar-refractivity contribution in [2.75, 3.05) is 65.7 Å². The molecule has 25 heavy (non-hydrogen) atoms. The second-order valence-electron chi connectivity index (χ2n) is 8.05. The van der Waals surface area contributed by atoms with E-state index < -0.39 is 0 Å². The summed E-state index contributed by atoms with van der Waals surface area (Å²) in [7, 11) is 0. The molecule has 6 heteroatoms. The molecule has 0 aromatic carbocycles. The van der Waals surface area contributed by atoms with Crippen molar-refractivity contribution in [1.82, 2.24) is 14.7 Å². The van der Waals surface area contributed by atoms with Gasteiger partial charge in [-0.1, -0.05) is 0 Å². The highest BCUT2D eigenvalue weighted by Crippen LogP contribution is 2.32. The van der Waals surface area contributed by atoms with Crippen LogP contribution in [0.5, 0.6) is 0 Å². The first-order chi connectivity index (χ1) is 12.3. The molecule has 4 saturated heterocycles. The Morgan fingerprint density at radius 1 is 0.840 bits per heavy atom. The number of piperidine rings is 1. The molecule has 0 radical (unpaired) electrons. The van der Waals surface area contributed by atoms with Crippen LogP contribution in [0, 0.1) is 5.92 Å². The molecule has 0 aromatic rings. The lowest BCUT2D eigenvalue weighted by atomic mass is 9.94. The minimum Gasteiger partial charge on any atom is -0.381 e. The van der Waals surface area contributed by atoms with Crippen molar-refractivity contribution < 1.29 is 14.3 Å². The van der Waals surface area contributed by atoms with Crippen molar-refractivity contribution in [3.63, 3.8) is 0 Å². The van der Waals surface area contributed by atoms with Crippen LogP contribution >= 0.6 is 0 Å². The van der Waals surface area contributed by atoms with Gasteiger partial charge in [-0.3, -0.25) is 14.6 Å². The Balaban J connectivity index is 1.32. The van der Waals surface area contributed by atoms with Crippen LogP contribution in [0.3, 0.4) is 0 Å². The highest BCUT2D eigenvalue weighted by molar-refractivity contribution is 5.77. The van der Waals surface area contributed by atoms with Gasteiger partial charge in [0.1, 0.15) is 0 Å². The van der Waals surface area contributed by atoms with E-state index in [1.165, 1.54) is 19.4 Å². The summed E-state index contributed by atoms with van der Waals surface area (Å²) < 4.78 is 10.9. The summed E-state index contributed by atoms with van der Waals surface area (Å²) in [6.45, 7) is 9.79. The Kier molecular flexibility index (Phi) is 5.90. The van der Waals surface area contributed by atoms with Crippen LogP contribution < -0.4 is 0 Å². The van der Waals surface area contributed by atoms with Crippen LogP contribution in [0.15, 0.2) is 0 Å². The number of carbonyl (C=O) groups excluding carboxylic acids is 1. The monoisotopic (exact) mass is 351 g/mol. The number of hydrogen-bond donors (Lipinski definition) is 0. The number of fused-ring (bicyclic) bond motifs is 1. The van der Waals surface area contributed by atoms with Crippen molar-refractivity contribution in [2.24, 2.45) is 5.92 Å². The summed E-state index contributed by atoms with van der Waals surface area (Å²) in [6, 6.07) is 1.03. The van der Waals surface area contributed by atoms with E-state index in [1.54, 1.807) is 0 Å². The first-order valence-corrected chi connectivity index (χ1v) is 10.2. The van der Waals surface area contributed by atoms with Crippen molar-refractivity contribution in [2.45, 2.75) is 44.2 Å². The third kappa shape index (κ3) is 4.18. The highest BCUT2D eigenvalue weighted by atomic mass is 16.5. The topological polar surface area (TPSA) is 45.2 Å². The minimum absolute atomic E-state index is 0.377. The van der Waals surface area contributed by atoms with Gasteiger partial charge < -0.3 is 14.4 Å². The van der Waals surface area contributed by atoms with E-state index in [0.717, 1.165) is 84.3 Å². The van der Waals surface area contributed by atoms with Crippen LogP contribution in [0.1, 0.15) is 32.1 Å². The van der Waals surface area contributed by atoms with Gasteiger partial charge in [0.2, 0.25) is 5.91 Å². The Morgan fingerprint density at radius 3 is 2.40 bits per heavy atom. The van der Waals surface area contributed by atoms with E-state index in [2.05, 4.69) is 14.7 Å². The van der Waals surface area contributed by atoms with E-state index >= 15 is 0 Å². The number of amides is 1. The molecular weight excluding hydrogens is 318 g/mol. The Hall–Kier alpha value is -0.690. The van der Waals surface area contributed by atoms with Gasteiger partial charge in [-0.15, -0.1) is 0 Å². The van der Waals surface area contributed by atoms with E-state index in [0.29, 0.717) is 18.0 Å². The normalized spacial score (nSPS) is 33.0. The number of morpholine rings is 1. The van der Waals surface area contributed by atoms with Crippen molar-refractivity contribution >= 4 is 5.91 Å². The molecule has 4 fully saturated rings. The second-order valence-corrected chi connectivity index (χ2v) is 8.05. The number of rotatable bonds is 5. The van der Waals surface area contributed by atoms with Gasteiger partial charge in [0.15, 0.2) is 0 Å². The highest BCUT2D eigenvalue weighted by Gasteiger charge is 2.43. The Labute approximate surface area is 151 Å². The average Bonchev–Trinajstić information content (AvgIpc) is 3.05. The summed E-state index contributed by atoms with van der Waals surface area (Å²) in [4.78, 5) is 19.9. The zero-order valence-electron chi connectivity index (χ0n) is 15.4. The third-order valence-corrected chi connectivity index (χ3v) is 6.59. The van der Waals surface area contributed by atoms with Crippen LogP contribution in [0.4, 0.5) is 0 Å². The lowest BCUT2D eigenvalue weighted by Crippen LogP contribution is -2.55. The van der Waals surface area contributed by atoms with Gasteiger partial charge in [-0.25, -0.2) is 0 Å². The van der Waals surface area contributed by atoms with Crippen molar-refractivity contribution in [3.05, 3.63) is 0 Å². The van der Waals surface area contributed by atoms with E-state index in [9.17, 15) is 4.79 Å². The molecule has 4 aliphatic heterocycles. The van der Waals surface area contributed by atoms with Crippen molar-refractivity contribution in [3.8, 4) is 0 Å². The summed E-state index contributed by atoms with van der Waals surface area (Å²) in [5.74, 6) is 1.16. The quantitative estimate of drug-likeness (QED) is 0.734. The van der Waals surface area contributed by atoms with Gasteiger partial charge in [0, 0.05) is 71.0 Å². The standard InChI is InChI=1S/C19H33N3O3/c23-19-2-1-17-18(22(19)8-7-20-9-13-25-14-10-20)3-6-21(17)15-16-4-11-24-12-5-16/h16-18H,1-15H2/t17-,18-/m1/s1. The minimum atomic E-state index is 0.377. The molecule has 0 aliphatic carbocycles. The van der Waals surface area contributed by atoms with E-state index in [4.69, 9.17) is 9.47 Å². The molecule has 0 unspecified atom stereocenters. The molecule has 4 heterocycles. The fourth-order valence-electron chi connectivity index (χ4n) is 5.09. The summed E-state index contributed by atoms with van der Waals surface area (Å²) in [5, 5.41) is 0. The van der Waals surface area contributed by atoms with Crippen LogP contribution in [-0.4, -0.2) is 98.4 Å². The van der Waals surface area contributed by atoms with E-state index in [-0.39, 0.29) is 0 Å². The van der Waals surface area contributed by atoms with Gasteiger partial charge in [0.05, 0.1) is 13.2 Å². The fourth-order valence-corrected chi connectivity index (χ4v) is 5.09. The zero-order valence-corrected chi connectivity index (χ0v) is 15.4. The molecule has 1 amide bonds. The van der Waals surface area contributed by atoms with Gasteiger partial charge in [0.25, 0.3) is 0 Å². The van der Waals surface area contributed by atoms with Crippen LogP contribution in [0.25, 0.3) is 0 Å². The molecule has 4 aliphatic rings. The molecule has 0 spiro atoms. The first kappa shape index (κ1) is 17.7. The molecule has 0 N–H and O–H groups in total. The number of carbonyl (C=O) groups is 1. The first-order valence-electron chi connectivity index (χ1n) is 10.2. The molecule has 0 aromatic heterocycles. The maximum atomic E-state index is 12.6. The molecule has 0 saturated carbocycles. The predicted molar refractivity (Wildman–Crippen MR) is 95.5 cm³/mol. The Bertz CT molecular complexity index is 449. The summed E-state index contributed by atoms with van der Waals surface area (Å²) in [6.07, 6.45) is 5.35. The largest absolute Gasteiger partial charge is 0.381 e. The summed E-state index contributed by atoms with van der Waals surface area (Å²) in [5.41, 5.74) is 0. The molecular formula is C19H33N3O3. The molecule has 142 valence electrons. The van der Waals surface area contributed by atoms with Gasteiger partial charge >= 0.3 is 0 Å². The van der Waals surface area contributed by atoms with Crippen molar-refractivity contribution in [1.29, 1.82) is 0 Å². The number of nitrogens with zero attached hydrogens (tertiary/aromatic N) is 3. The zero-order chi connectivity index (χ0) is 17.1. The third-order valence-electron chi connectivity index (χ3n) is 6.59. The second kappa shape index (κ2) is 8.33. The Morgan fingerprint density at radius 2 is 1.60 bits per heavy atom.